The Morgan fingerprint density at radius 1 is 0.793 bits per heavy atom. The van der Waals surface area contributed by atoms with Gasteiger partial charge in [0.25, 0.3) is 0 Å². The van der Waals surface area contributed by atoms with Crippen LogP contribution in [0.5, 0.6) is 11.5 Å². The molecule has 0 saturated carbocycles. The maximum Gasteiger partial charge on any atom is 0.125 e. The molecule has 0 amide bonds. The Balaban J connectivity index is 1.24. The van der Waals surface area contributed by atoms with Crippen LogP contribution < -0.4 is 9.47 Å². The molecule has 0 spiro atoms. The summed E-state index contributed by atoms with van der Waals surface area (Å²) in [4.78, 5) is 0. The maximum atomic E-state index is 13.3. The van der Waals surface area contributed by atoms with Crippen LogP contribution in [0.4, 0.5) is 8.78 Å². The first-order chi connectivity index (χ1) is 14.0. The lowest BCUT2D eigenvalue weighted by Gasteiger charge is -2.31. The highest BCUT2D eigenvalue weighted by Crippen LogP contribution is 2.32. The zero-order valence-corrected chi connectivity index (χ0v) is 16.2. The predicted octanol–water partition coefficient (Wildman–Crippen LogP) is 3.94. The number of ether oxygens (including phenoxy) is 2. The molecule has 2 aliphatic rings. The van der Waals surface area contributed by atoms with Crippen LogP contribution in [0.15, 0.2) is 36.4 Å². The Hall–Kier alpha value is -2.18. The van der Waals surface area contributed by atoms with Crippen LogP contribution in [0.1, 0.15) is 43.2 Å². The van der Waals surface area contributed by atoms with E-state index in [1.807, 2.05) is 0 Å². The van der Waals surface area contributed by atoms with Gasteiger partial charge < -0.3 is 19.7 Å². The van der Waals surface area contributed by atoms with Crippen molar-refractivity contribution < 1.29 is 28.5 Å². The Morgan fingerprint density at radius 2 is 1.24 bits per heavy atom. The maximum absolute atomic E-state index is 13.3. The standard InChI is InChI=1S/C23H26F2O4/c24-16-6-10-20-14(12-16)4-8-22(28-20)18(26)2-1-3-19(27)23-9-5-15-13-17(25)7-11-21(15)29-23/h6-7,10-13,18-19,22-23,26-27H,1-5,8-9H2. The van der Waals surface area contributed by atoms with Crippen molar-refractivity contribution in [3.63, 3.8) is 0 Å². The van der Waals surface area contributed by atoms with Crippen LogP contribution in [0.2, 0.25) is 0 Å². The molecule has 0 bridgehead atoms. The predicted molar refractivity (Wildman–Crippen MR) is 104 cm³/mol. The van der Waals surface area contributed by atoms with E-state index < -0.39 is 12.2 Å². The van der Waals surface area contributed by atoms with Gasteiger partial charge in [-0.25, -0.2) is 8.78 Å². The number of hydrogen-bond acceptors (Lipinski definition) is 4. The topological polar surface area (TPSA) is 58.9 Å². The molecule has 4 unspecified atom stereocenters. The summed E-state index contributed by atoms with van der Waals surface area (Å²) >= 11 is 0. The summed E-state index contributed by atoms with van der Waals surface area (Å²) in [5.74, 6) is 0.705. The van der Waals surface area contributed by atoms with Crippen LogP contribution in [0.25, 0.3) is 0 Å². The Morgan fingerprint density at radius 3 is 1.69 bits per heavy atom. The molecule has 0 radical (unpaired) electrons. The number of hydrogen-bond donors (Lipinski definition) is 2. The fourth-order valence-corrected chi connectivity index (χ4v) is 4.21. The largest absolute Gasteiger partial charge is 0.487 e. The molecule has 2 aromatic rings. The van der Waals surface area contributed by atoms with Gasteiger partial charge in [0, 0.05) is 0 Å². The molecule has 0 fully saturated rings. The molecular formula is C23H26F2O4. The molecule has 4 nitrogen and oxygen atoms in total. The minimum atomic E-state index is -0.642. The highest BCUT2D eigenvalue weighted by Gasteiger charge is 2.29. The van der Waals surface area contributed by atoms with Crippen LogP contribution in [0.3, 0.4) is 0 Å². The van der Waals surface area contributed by atoms with Crippen molar-refractivity contribution in [1.29, 1.82) is 0 Å². The number of halogens is 2. The van der Waals surface area contributed by atoms with Gasteiger partial charge in [0.15, 0.2) is 0 Å². The average molecular weight is 404 g/mol. The second kappa shape index (κ2) is 8.67. The van der Waals surface area contributed by atoms with E-state index >= 15 is 0 Å². The van der Waals surface area contributed by atoms with Gasteiger partial charge in [-0.05, 0) is 92.5 Å². The van der Waals surface area contributed by atoms with E-state index in [1.165, 1.54) is 24.3 Å². The Kier molecular flexibility index (Phi) is 6.01. The van der Waals surface area contributed by atoms with Crippen LogP contribution in [0, 0.1) is 11.6 Å². The minimum absolute atomic E-state index is 0.280. The van der Waals surface area contributed by atoms with Crippen LogP contribution >= 0.6 is 0 Å². The van der Waals surface area contributed by atoms with E-state index in [0.29, 0.717) is 56.4 Å². The lowest BCUT2D eigenvalue weighted by Crippen LogP contribution is -2.36. The highest BCUT2D eigenvalue weighted by atomic mass is 19.1. The van der Waals surface area contributed by atoms with Crippen molar-refractivity contribution in [3.05, 3.63) is 59.2 Å². The number of fused-ring (bicyclic) bond motifs is 2. The van der Waals surface area contributed by atoms with Gasteiger partial charge in [-0.1, -0.05) is 0 Å². The van der Waals surface area contributed by atoms with E-state index in [0.717, 1.165) is 11.1 Å². The third-order valence-corrected chi connectivity index (χ3v) is 5.86. The van der Waals surface area contributed by atoms with Crippen LogP contribution in [-0.4, -0.2) is 34.6 Å². The first-order valence-electron chi connectivity index (χ1n) is 10.3. The number of aliphatic hydroxyl groups excluding tert-OH is 2. The molecule has 6 heteroatoms. The van der Waals surface area contributed by atoms with E-state index in [-0.39, 0.29) is 23.8 Å². The molecule has 0 saturated heterocycles. The van der Waals surface area contributed by atoms with Crippen molar-refractivity contribution in [2.75, 3.05) is 0 Å². The summed E-state index contributed by atoms with van der Waals surface area (Å²) in [5.41, 5.74) is 1.66. The van der Waals surface area contributed by atoms with Crippen molar-refractivity contribution in [2.45, 2.75) is 69.4 Å². The molecule has 4 rings (SSSR count). The molecule has 156 valence electrons. The molecular weight excluding hydrogens is 378 g/mol. The molecule has 4 atom stereocenters. The quantitative estimate of drug-likeness (QED) is 0.766. The highest BCUT2D eigenvalue weighted by molar-refractivity contribution is 5.36. The molecule has 2 N–H and O–H groups in total. The normalized spacial score (nSPS) is 22.6. The number of aryl methyl sites for hydroxylation is 2. The zero-order valence-electron chi connectivity index (χ0n) is 16.2. The first kappa shape index (κ1) is 20.1. The Labute approximate surface area is 169 Å². The smallest absolute Gasteiger partial charge is 0.125 e. The molecule has 0 aromatic heterocycles. The summed E-state index contributed by atoms with van der Waals surface area (Å²) < 4.78 is 38.3. The van der Waals surface area contributed by atoms with Crippen molar-refractivity contribution >= 4 is 0 Å². The summed E-state index contributed by atoms with van der Waals surface area (Å²) in [6.07, 6.45) is 2.34. The van der Waals surface area contributed by atoms with Crippen molar-refractivity contribution in [2.24, 2.45) is 0 Å². The molecule has 2 aliphatic heterocycles. The molecule has 0 aliphatic carbocycles. The fraction of sp³-hybridized carbons (Fsp3) is 0.478. The number of aliphatic hydroxyl groups is 2. The van der Waals surface area contributed by atoms with Gasteiger partial charge in [0.1, 0.15) is 35.3 Å². The van der Waals surface area contributed by atoms with Gasteiger partial charge >= 0.3 is 0 Å². The van der Waals surface area contributed by atoms with Gasteiger partial charge in [0.2, 0.25) is 0 Å². The van der Waals surface area contributed by atoms with E-state index in [2.05, 4.69) is 0 Å². The Bertz CT molecular complexity index is 787. The van der Waals surface area contributed by atoms with Gasteiger partial charge in [-0.3, -0.25) is 0 Å². The molecule has 29 heavy (non-hydrogen) atoms. The van der Waals surface area contributed by atoms with E-state index in [1.54, 1.807) is 12.1 Å². The number of rotatable bonds is 6. The van der Waals surface area contributed by atoms with Gasteiger partial charge in [0.05, 0.1) is 12.2 Å². The second-order valence-electron chi connectivity index (χ2n) is 7.96. The lowest BCUT2D eigenvalue weighted by atomic mass is 9.94. The average Bonchev–Trinajstić information content (AvgIpc) is 2.72. The summed E-state index contributed by atoms with van der Waals surface area (Å²) in [7, 11) is 0. The molecule has 2 aromatic carbocycles. The second-order valence-corrected chi connectivity index (χ2v) is 7.96. The van der Waals surface area contributed by atoms with E-state index in [4.69, 9.17) is 9.47 Å². The third-order valence-electron chi connectivity index (χ3n) is 5.86. The van der Waals surface area contributed by atoms with Gasteiger partial charge in [-0.15, -0.1) is 0 Å². The van der Waals surface area contributed by atoms with Gasteiger partial charge in [-0.2, -0.15) is 0 Å². The van der Waals surface area contributed by atoms with Crippen molar-refractivity contribution in [1.82, 2.24) is 0 Å². The van der Waals surface area contributed by atoms with E-state index in [9.17, 15) is 19.0 Å². The SMILES string of the molecule is OC(CCCC(O)C1CCc2cc(F)ccc2O1)C1CCc2cc(F)ccc2O1. The third kappa shape index (κ3) is 4.70. The van der Waals surface area contributed by atoms with Crippen molar-refractivity contribution in [3.8, 4) is 11.5 Å². The minimum Gasteiger partial charge on any atom is -0.487 e. The fourth-order valence-electron chi connectivity index (χ4n) is 4.21. The summed E-state index contributed by atoms with van der Waals surface area (Å²) in [6.45, 7) is 0. The monoisotopic (exact) mass is 404 g/mol. The summed E-state index contributed by atoms with van der Waals surface area (Å²) in [6, 6.07) is 8.89. The number of benzene rings is 2. The van der Waals surface area contributed by atoms with Crippen LogP contribution in [-0.2, 0) is 12.8 Å². The summed E-state index contributed by atoms with van der Waals surface area (Å²) in [5, 5.41) is 21.0. The lowest BCUT2D eigenvalue weighted by molar-refractivity contribution is 0.00133. The molecule has 2 heterocycles. The first-order valence-corrected chi connectivity index (χ1v) is 10.3. The zero-order chi connectivity index (χ0) is 20.4.